The van der Waals surface area contributed by atoms with Crippen molar-refractivity contribution in [2.75, 3.05) is 25.5 Å². The Hall–Kier alpha value is -2.50. The maximum Gasteiger partial charge on any atom is 0.283 e. The fourth-order valence-corrected chi connectivity index (χ4v) is 5.75. The summed E-state index contributed by atoms with van der Waals surface area (Å²) in [4.78, 5) is 23.8. The summed E-state index contributed by atoms with van der Waals surface area (Å²) >= 11 is 0.997. The summed E-state index contributed by atoms with van der Waals surface area (Å²) in [6.45, 7) is 2.50. The number of nitrogens with zero attached hydrogens (tertiary/aromatic N) is 2. The predicted molar refractivity (Wildman–Crippen MR) is 114 cm³/mol. The number of aryl methyl sites for hydroxylation is 1. The van der Waals surface area contributed by atoms with Crippen molar-refractivity contribution in [1.82, 2.24) is 4.31 Å². The van der Waals surface area contributed by atoms with E-state index in [1.54, 1.807) is 6.92 Å². The average molecular weight is 454 g/mol. The number of nitro groups is 1. The van der Waals surface area contributed by atoms with Crippen LogP contribution in [0.3, 0.4) is 0 Å². The number of carbonyl (C=O) groups is 1. The third-order valence-electron chi connectivity index (χ3n) is 4.93. The van der Waals surface area contributed by atoms with Gasteiger partial charge < -0.3 is 10.1 Å². The second-order valence-corrected chi connectivity index (χ2v) is 10.1. The SMILES string of the molecule is COc1ccc(S(=O)(=O)N2CCCCCC2)cc1NC(=O)c1cc([N+](=O)[O-])c(C)s1. The zero-order valence-corrected chi connectivity index (χ0v) is 18.3. The number of nitrogens with one attached hydrogen (secondary N) is 1. The molecule has 162 valence electrons. The molecule has 1 aromatic carbocycles. The van der Waals surface area contributed by atoms with Gasteiger partial charge in [0, 0.05) is 19.2 Å². The number of hydrogen-bond acceptors (Lipinski definition) is 7. The second kappa shape index (κ2) is 9.11. The van der Waals surface area contributed by atoms with Crippen molar-refractivity contribution in [2.45, 2.75) is 37.5 Å². The third-order valence-corrected chi connectivity index (χ3v) is 7.87. The maximum absolute atomic E-state index is 13.1. The molecule has 1 N–H and O–H groups in total. The number of amides is 1. The Morgan fingerprint density at radius 2 is 1.87 bits per heavy atom. The Bertz CT molecular complexity index is 1060. The van der Waals surface area contributed by atoms with Gasteiger partial charge in [-0.2, -0.15) is 4.31 Å². The van der Waals surface area contributed by atoms with Gasteiger partial charge in [0.2, 0.25) is 10.0 Å². The Kier molecular flexibility index (Phi) is 6.74. The lowest BCUT2D eigenvalue weighted by Crippen LogP contribution is -2.32. The van der Waals surface area contributed by atoms with Crippen LogP contribution < -0.4 is 10.1 Å². The van der Waals surface area contributed by atoms with Crippen LogP contribution in [0, 0.1) is 17.0 Å². The Balaban J connectivity index is 1.90. The Labute approximate surface area is 178 Å². The highest BCUT2D eigenvalue weighted by atomic mass is 32.2. The number of carbonyl (C=O) groups excluding carboxylic acids is 1. The summed E-state index contributed by atoms with van der Waals surface area (Å²) in [5.41, 5.74) is 0.0571. The van der Waals surface area contributed by atoms with E-state index in [0.717, 1.165) is 37.0 Å². The van der Waals surface area contributed by atoms with Crippen LogP contribution in [0.25, 0.3) is 0 Å². The van der Waals surface area contributed by atoms with Crippen LogP contribution in [0.15, 0.2) is 29.2 Å². The van der Waals surface area contributed by atoms with Gasteiger partial charge in [-0.3, -0.25) is 14.9 Å². The second-order valence-electron chi connectivity index (χ2n) is 6.94. The van der Waals surface area contributed by atoms with E-state index in [1.165, 1.54) is 35.7 Å². The van der Waals surface area contributed by atoms with Crippen LogP contribution in [0.1, 0.15) is 40.2 Å². The lowest BCUT2D eigenvalue weighted by Gasteiger charge is -2.21. The number of ether oxygens (including phenoxy) is 1. The van der Waals surface area contributed by atoms with Crippen LogP contribution in [-0.2, 0) is 10.0 Å². The first-order valence-corrected chi connectivity index (χ1v) is 11.7. The van der Waals surface area contributed by atoms with E-state index in [4.69, 9.17) is 4.74 Å². The zero-order valence-electron chi connectivity index (χ0n) is 16.7. The van der Waals surface area contributed by atoms with Crippen molar-refractivity contribution in [3.05, 3.63) is 44.1 Å². The predicted octanol–water partition coefficient (Wildman–Crippen LogP) is 3.79. The van der Waals surface area contributed by atoms with Gasteiger partial charge >= 0.3 is 0 Å². The highest BCUT2D eigenvalue weighted by molar-refractivity contribution is 7.89. The van der Waals surface area contributed by atoms with Gasteiger partial charge in [-0.05, 0) is 38.0 Å². The molecule has 0 radical (unpaired) electrons. The molecule has 1 fully saturated rings. The smallest absolute Gasteiger partial charge is 0.283 e. The lowest BCUT2D eigenvalue weighted by atomic mass is 10.2. The standard InChI is InChI=1S/C19H23N3O6S2/c1-13-16(22(24)25)12-18(29-13)19(23)20-15-11-14(7-8-17(15)28-2)30(26,27)21-9-5-3-4-6-10-21/h7-8,11-12H,3-6,9-10H2,1-2H3,(H,20,23). The minimum absolute atomic E-state index is 0.0637. The van der Waals surface area contributed by atoms with Gasteiger partial charge in [-0.1, -0.05) is 12.8 Å². The van der Waals surface area contributed by atoms with E-state index in [1.807, 2.05) is 0 Å². The summed E-state index contributed by atoms with van der Waals surface area (Å²) in [5, 5.41) is 13.7. The Morgan fingerprint density at radius 3 is 2.43 bits per heavy atom. The van der Waals surface area contributed by atoms with Gasteiger partial charge in [-0.25, -0.2) is 8.42 Å². The van der Waals surface area contributed by atoms with Gasteiger partial charge in [0.25, 0.3) is 11.6 Å². The average Bonchev–Trinajstić information content (AvgIpc) is 2.91. The fourth-order valence-electron chi connectivity index (χ4n) is 3.33. The largest absolute Gasteiger partial charge is 0.495 e. The number of anilines is 1. The molecule has 0 unspecified atom stereocenters. The van der Waals surface area contributed by atoms with Crippen molar-refractivity contribution in [2.24, 2.45) is 0 Å². The summed E-state index contributed by atoms with van der Waals surface area (Å²) in [6.07, 6.45) is 3.63. The number of methoxy groups -OCH3 is 1. The molecular weight excluding hydrogens is 430 g/mol. The van der Waals surface area contributed by atoms with E-state index < -0.39 is 20.9 Å². The van der Waals surface area contributed by atoms with Crippen molar-refractivity contribution in [1.29, 1.82) is 0 Å². The van der Waals surface area contributed by atoms with Gasteiger partial charge in [0.05, 0.1) is 32.4 Å². The topological polar surface area (TPSA) is 119 Å². The minimum Gasteiger partial charge on any atom is -0.495 e. The minimum atomic E-state index is -3.71. The number of sulfonamides is 1. The molecule has 0 spiro atoms. The molecule has 1 amide bonds. The molecule has 1 aliphatic heterocycles. The molecule has 0 bridgehead atoms. The van der Waals surface area contributed by atoms with Crippen molar-refractivity contribution < 1.29 is 22.9 Å². The molecule has 30 heavy (non-hydrogen) atoms. The molecule has 0 atom stereocenters. The van der Waals surface area contributed by atoms with Crippen molar-refractivity contribution in [3.63, 3.8) is 0 Å². The molecule has 2 heterocycles. The van der Waals surface area contributed by atoms with Gasteiger partial charge in [0.15, 0.2) is 0 Å². The fraction of sp³-hybridized carbons (Fsp3) is 0.421. The molecule has 1 saturated heterocycles. The monoisotopic (exact) mass is 453 g/mol. The highest BCUT2D eigenvalue weighted by Gasteiger charge is 2.27. The third kappa shape index (κ3) is 4.63. The molecule has 0 saturated carbocycles. The molecule has 0 aliphatic carbocycles. The van der Waals surface area contributed by atoms with Gasteiger partial charge in [0.1, 0.15) is 5.75 Å². The van der Waals surface area contributed by atoms with Crippen LogP contribution >= 0.6 is 11.3 Å². The summed E-state index contributed by atoms with van der Waals surface area (Å²) < 4.78 is 32.9. The molecule has 3 rings (SSSR count). The van der Waals surface area contributed by atoms with E-state index >= 15 is 0 Å². The first kappa shape index (κ1) is 22.2. The van der Waals surface area contributed by atoms with Gasteiger partial charge in [-0.15, -0.1) is 11.3 Å². The van der Waals surface area contributed by atoms with Crippen molar-refractivity contribution in [3.8, 4) is 5.75 Å². The molecule has 1 aromatic heterocycles. The summed E-state index contributed by atoms with van der Waals surface area (Å²) in [5.74, 6) is -0.278. The number of hydrogen-bond donors (Lipinski definition) is 1. The first-order chi connectivity index (χ1) is 14.2. The zero-order chi connectivity index (χ0) is 21.9. The molecule has 2 aromatic rings. The molecular formula is C19H23N3O6S2. The Morgan fingerprint density at radius 1 is 1.20 bits per heavy atom. The van der Waals surface area contributed by atoms with E-state index in [0.29, 0.717) is 23.7 Å². The molecule has 11 heteroatoms. The van der Waals surface area contributed by atoms with E-state index in [2.05, 4.69) is 5.32 Å². The lowest BCUT2D eigenvalue weighted by molar-refractivity contribution is -0.385. The normalized spacial score (nSPS) is 15.4. The quantitative estimate of drug-likeness (QED) is 0.525. The maximum atomic E-state index is 13.1. The van der Waals surface area contributed by atoms with Crippen LogP contribution in [0.4, 0.5) is 11.4 Å². The van der Waals surface area contributed by atoms with E-state index in [9.17, 15) is 23.3 Å². The van der Waals surface area contributed by atoms with Crippen LogP contribution in [-0.4, -0.2) is 43.8 Å². The van der Waals surface area contributed by atoms with Crippen LogP contribution in [0.2, 0.25) is 0 Å². The molecule has 1 aliphatic rings. The summed E-state index contributed by atoms with van der Waals surface area (Å²) in [6, 6.07) is 5.52. The number of rotatable bonds is 6. The van der Waals surface area contributed by atoms with Crippen LogP contribution in [0.5, 0.6) is 5.75 Å². The number of thiophene rings is 1. The highest BCUT2D eigenvalue weighted by Crippen LogP contribution is 2.32. The van der Waals surface area contributed by atoms with Crippen molar-refractivity contribution >= 4 is 38.6 Å². The molecule has 9 nitrogen and oxygen atoms in total. The summed E-state index contributed by atoms with van der Waals surface area (Å²) in [7, 11) is -2.30. The van der Waals surface area contributed by atoms with E-state index in [-0.39, 0.29) is 21.1 Å². The first-order valence-electron chi connectivity index (χ1n) is 9.48. The number of benzene rings is 1.